The number of carbonyl (C=O) groups excluding carboxylic acids is 1. The standard InChI is InChI=1S/C18H16ClNO4S/c1-24-18(21)12-25(22,23)17-11-20(16-5-3-2-4-15(16)17)10-13-6-8-14(19)9-7-13/h2-9,11H,10,12H2,1H3. The summed E-state index contributed by atoms with van der Waals surface area (Å²) in [6.45, 7) is 0.491. The number of fused-ring (bicyclic) bond motifs is 1. The van der Waals surface area contributed by atoms with Gasteiger partial charge in [-0.1, -0.05) is 41.9 Å². The third-order valence-corrected chi connectivity index (χ3v) is 5.75. The minimum Gasteiger partial charge on any atom is -0.468 e. The molecule has 0 saturated carbocycles. The number of hydrogen-bond acceptors (Lipinski definition) is 4. The van der Waals surface area contributed by atoms with Gasteiger partial charge in [0.15, 0.2) is 15.6 Å². The maximum Gasteiger partial charge on any atom is 0.321 e. The van der Waals surface area contributed by atoms with E-state index in [1.54, 1.807) is 30.5 Å². The normalized spacial score (nSPS) is 11.6. The van der Waals surface area contributed by atoms with E-state index in [9.17, 15) is 13.2 Å². The predicted octanol–water partition coefficient (Wildman–Crippen LogP) is 3.29. The Morgan fingerprint density at radius 3 is 2.48 bits per heavy atom. The second kappa shape index (κ2) is 6.90. The topological polar surface area (TPSA) is 65.4 Å². The van der Waals surface area contributed by atoms with Gasteiger partial charge < -0.3 is 9.30 Å². The molecule has 0 aliphatic heterocycles. The van der Waals surface area contributed by atoms with Crippen LogP contribution in [0.3, 0.4) is 0 Å². The van der Waals surface area contributed by atoms with Gasteiger partial charge in [-0.05, 0) is 23.8 Å². The Bertz CT molecular complexity index is 1020. The Kier molecular flexibility index (Phi) is 4.83. The number of carbonyl (C=O) groups is 1. The maximum atomic E-state index is 12.6. The highest BCUT2D eigenvalue weighted by molar-refractivity contribution is 7.92. The van der Waals surface area contributed by atoms with Crippen LogP contribution in [0.15, 0.2) is 59.6 Å². The highest BCUT2D eigenvalue weighted by Crippen LogP contribution is 2.27. The lowest BCUT2D eigenvalue weighted by atomic mass is 10.2. The number of para-hydroxylation sites is 1. The minimum absolute atomic E-state index is 0.127. The number of halogens is 1. The summed E-state index contributed by atoms with van der Waals surface area (Å²) >= 11 is 5.91. The van der Waals surface area contributed by atoms with Gasteiger partial charge in [-0.15, -0.1) is 0 Å². The summed E-state index contributed by atoms with van der Waals surface area (Å²) in [5, 5.41) is 1.22. The van der Waals surface area contributed by atoms with Crippen molar-refractivity contribution in [2.75, 3.05) is 12.9 Å². The van der Waals surface area contributed by atoms with Gasteiger partial charge in [-0.3, -0.25) is 4.79 Å². The first-order valence-electron chi connectivity index (χ1n) is 7.52. The van der Waals surface area contributed by atoms with Crippen LogP contribution in [0.5, 0.6) is 0 Å². The van der Waals surface area contributed by atoms with E-state index in [-0.39, 0.29) is 4.90 Å². The molecule has 0 spiro atoms. The van der Waals surface area contributed by atoms with Crippen molar-refractivity contribution >= 4 is 38.3 Å². The van der Waals surface area contributed by atoms with E-state index in [0.29, 0.717) is 17.0 Å². The highest BCUT2D eigenvalue weighted by Gasteiger charge is 2.24. The molecular weight excluding hydrogens is 362 g/mol. The molecule has 5 nitrogen and oxygen atoms in total. The molecule has 7 heteroatoms. The number of benzene rings is 2. The average Bonchev–Trinajstić information content (AvgIpc) is 2.96. The van der Waals surface area contributed by atoms with Crippen LogP contribution in [0.2, 0.25) is 5.02 Å². The SMILES string of the molecule is COC(=O)CS(=O)(=O)c1cn(Cc2ccc(Cl)cc2)c2ccccc12. The van der Waals surface area contributed by atoms with Gasteiger partial charge in [0.1, 0.15) is 0 Å². The molecule has 130 valence electrons. The van der Waals surface area contributed by atoms with Gasteiger partial charge >= 0.3 is 5.97 Å². The first-order chi connectivity index (χ1) is 11.9. The third-order valence-electron chi connectivity index (χ3n) is 3.89. The number of ether oxygens (including phenoxy) is 1. The van der Waals surface area contributed by atoms with Crippen LogP contribution < -0.4 is 0 Å². The van der Waals surface area contributed by atoms with Crippen LogP contribution in [0.4, 0.5) is 0 Å². The van der Waals surface area contributed by atoms with Crippen molar-refractivity contribution in [3.05, 3.63) is 65.3 Å². The van der Waals surface area contributed by atoms with E-state index in [4.69, 9.17) is 11.6 Å². The van der Waals surface area contributed by atoms with E-state index in [1.807, 2.05) is 28.8 Å². The second-order valence-electron chi connectivity index (χ2n) is 5.60. The van der Waals surface area contributed by atoms with Crippen molar-refractivity contribution in [3.8, 4) is 0 Å². The lowest BCUT2D eigenvalue weighted by Crippen LogP contribution is -2.17. The summed E-state index contributed by atoms with van der Waals surface area (Å²) < 4.78 is 31.5. The van der Waals surface area contributed by atoms with Gasteiger partial charge in [0, 0.05) is 28.7 Å². The maximum absolute atomic E-state index is 12.6. The Hall–Kier alpha value is -2.31. The van der Waals surface area contributed by atoms with Crippen LogP contribution in [0.1, 0.15) is 5.56 Å². The van der Waals surface area contributed by atoms with Crippen LogP contribution in [-0.4, -0.2) is 31.8 Å². The largest absolute Gasteiger partial charge is 0.468 e. The van der Waals surface area contributed by atoms with Gasteiger partial charge in [0.25, 0.3) is 0 Å². The van der Waals surface area contributed by atoms with Crippen LogP contribution >= 0.6 is 11.6 Å². The fourth-order valence-electron chi connectivity index (χ4n) is 2.67. The summed E-state index contributed by atoms with van der Waals surface area (Å²) in [5.74, 6) is -1.46. The molecule has 0 N–H and O–H groups in total. The number of aromatic nitrogens is 1. The molecule has 0 unspecified atom stereocenters. The first-order valence-corrected chi connectivity index (χ1v) is 9.55. The van der Waals surface area contributed by atoms with E-state index in [1.165, 1.54) is 7.11 Å². The molecule has 25 heavy (non-hydrogen) atoms. The molecule has 2 aromatic carbocycles. The third kappa shape index (κ3) is 3.70. The fraction of sp³-hybridized carbons (Fsp3) is 0.167. The molecular formula is C18H16ClNO4S. The van der Waals surface area contributed by atoms with Crippen molar-refractivity contribution in [3.63, 3.8) is 0 Å². The molecule has 3 aromatic rings. The molecule has 0 aliphatic carbocycles. The molecule has 0 amide bonds. The predicted molar refractivity (Wildman–Crippen MR) is 96.6 cm³/mol. The second-order valence-corrected chi connectivity index (χ2v) is 7.99. The first kappa shape index (κ1) is 17.5. The summed E-state index contributed by atoms with van der Waals surface area (Å²) in [5.41, 5.74) is 1.77. The van der Waals surface area contributed by atoms with Crippen molar-refractivity contribution in [1.82, 2.24) is 4.57 Å². The molecule has 0 fully saturated rings. The molecule has 1 aromatic heterocycles. The Morgan fingerprint density at radius 1 is 1.12 bits per heavy atom. The number of rotatable bonds is 5. The molecule has 0 saturated heterocycles. The quantitative estimate of drug-likeness (QED) is 0.640. The van der Waals surface area contributed by atoms with Gasteiger partial charge in [0.05, 0.1) is 12.0 Å². The molecule has 3 rings (SSSR count). The Labute approximate surface area is 150 Å². The van der Waals surface area contributed by atoms with Gasteiger partial charge in [0.2, 0.25) is 0 Å². The Balaban J connectivity index is 2.06. The lowest BCUT2D eigenvalue weighted by Gasteiger charge is -2.05. The summed E-state index contributed by atoms with van der Waals surface area (Å²) in [7, 11) is -2.62. The number of nitrogens with zero attached hydrogens (tertiary/aromatic N) is 1. The summed E-state index contributed by atoms with van der Waals surface area (Å²) in [4.78, 5) is 11.6. The van der Waals surface area contributed by atoms with Crippen LogP contribution in [-0.2, 0) is 25.9 Å². The van der Waals surface area contributed by atoms with E-state index in [0.717, 1.165) is 11.1 Å². The van der Waals surface area contributed by atoms with Crippen molar-refractivity contribution in [1.29, 1.82) is 0 Å². The van der Waals surface area contributed by atoms with E-state index < -0.39 is 21.6 Å². The zero-order valence-corrected chi connectivity index (χ0v) is 15.0. The molecule has 0 aliphatic rings. The van der Waals surface area contributed by atoms with Crippen molar-refractivity contribution < 1.29 is 17.9 Å². The van der Waals surface area contributed by atoms with Crippen molar-refractivity contribution in [2.45, 2.75) is 11.4 Å². The Morgan fingerprint density at radius 2 is 1.80 bits per heavy atom. The zero-order chi connectivity index (χ0) is 18.0. The summed E-state index contributed by atoms with van der Waals surface area (Å²) in [6.07, 6.45) is 1.57. The minimum atomic E-state index is -3.79. The van der Waals surface area contributed by atoms with Crippen LogP contribution in [0, 0.1) is 0 Å². The van der Waals surface area contributed by atoms with Crippen LogP contribution in [0.25, 0.3) is 10.9 Å². The van der Waals surface area contributed by atoms with E-state index in [2.05, 4.69) is 4.74 Å². The zero-order valence-electron chi connectivity index (χ0n) is 13.5. The monoisotopic (exact) mass is 377 g/mol. The lowest BCUT2D eigenvalue weighted by molar-refractivity contribution is -0.137. The van der Waals surface area contributed by atoms with E-state index >= 15 is 0 Å². The van der Waals surface area contributed by atoms with Gasteiger partial charge in [-0.2, -0.15) is 0 Å². The molecule has 1 heterocycles. The summed E-state index contributed by atoms with van der Waals surface area (Å²) in [6, 6.07) is 14.6. The van der Waals surface area contributed by atoms with Crippen molar-refractivity contribution in [2.24, 2.45) is 0 Å². The molecule has 0 atom stereocenters. The number of methoxy groups -OCH3 is 1. The average molecular weight is 378 g/mol. The van der Waals surface area contributed by atoms with Gasteiger partial charge in [-0.25, -0.2) is 8.42 Å². The number of hydrogen-bond donors (Lipinski definition) is 0. The number of sulfone groups is 1. The highest BCUT2D eigenvalue weighted by atomic mass is 35.5. The number of esters is 1. The smallest absolute Gasteiger partial charge is 0.321 e. The molecule has 0 bridgehead atoms. The fourth-order valence-corrected chi connectivity index (χ4v) is 4.18. The molecule has 0 radical (unpaired) electrons.